The third-order valence-corrected chi connectivity index (χ3v) is 4.45. The summed E-state index contributed by atoms with van der Waals surface area (Å²) in [6.07, 6.45) is 0. The molecule has 0 aliphatic heterocycles. The van der Waals surface area contributed by atoms with Crippen LogP contribution in [0.25, 0.3) is 0 Å². The van der Waals surface area contributed by atoms with E-state index in [0.29, 0.717) is 11.6 Å². The molecule has 0 amide bonds. The number of nitrogens with one attached hydrogen (secondary N) is 1. The summed E-state index contributed by atoms with van der Waals surface area (Å²) in [4.78, 5) is 0. The first-order valence-electron chi connectivity index (χ1n) is 5.97. The van der Waals surface area contributed by atoms with Crippen molar-refractivity contribution in [2.75, 3.05) is 9.93 Å². The fraction of sp³-hybridized carbons (Fsp3) is 0.538. The van der Waals surface area contributed by atoms with Crippen LogP contribution >= 0.6 is 11.6 Å². The van der Waals surface area contributed by atoms with Crippen molar-refractivity contribution in [2.45, 2.75) is 39.5 Å². The van der Waals surface area contributed by atoms with Crippen LogP contribution in [0.1, 0.15) is 50.7 Å². The van der Waals surface area contributed by atoms with E-state index in [4.69, 9.17) is 11.6 Å². The molecule has 0 aliphatic rings. The molecule has 0 fully saturated rings. The van der Waals surface area contributed by atoms with Crippen molar-refractivity contribution in [1.29, 1.82) is 0 Å². The molecule has 0 aliphatic carbocycles. The Labute approximate surface area is 115 Å². The molecule has 0 saturated heterocycles. The fourth-order valence-corrected chi connectivity index (χ4v) is 2.44. The lowest BCUT2D eigenvalue weighted by atomic mass is 9.94. The molecule has 1 aromatic rings. The van der Waals surface area contributed by atoms with Crippen LogP contribution < -0.4 is 4.72 Å². The topological polar surface area (TPSA) is 46.2 Å². The normalized spacial score (nSPS) is 12.2. The Kier molecular flexibility index (Phi) is 5.05. The molecule has 18 heavy (non-hydrogen) atoms. The Morgan fingerprint density at radius 3 is 2.22 bits per heavy atom. The quantitative estimate of drug-likeness (QED) is 0.836. The van der Waals surface area contributed by atoms with Gasteiger partial charge >= 0.3 is 0 Å². The second-order valence-corrected chi connectivity index (χ2v) is 7.29. The Morgan fingerprint density at radius 1 is 1.17 bits per heavy atom. The van der Waals surface area contributed by atoms with Crippen molar-refractivity contribution in [3.05, 3.63) is 29.3 Å². The van der Waals surface area contributed by atoms with Crippen molar-refractivity contribution in [3.8, 4) is 0 Å². The van der Waals surface area contributed by atoms with E-state index in [0.717, 1.165) is 5.56 Å². The van der Waals surface area contributed by atoms with Gasteiger partial charge in [-0.1, -0.05) is 39.8 Å². The molecule has 1 aromatic carbocycles. The monoisotopic (exact) mass is 289 g/mol. The second kappa shape index (κ2) is 5.93. The third kappa shape index (κ3) is 3.89. The minimum absolute atomic E-state index is 0.247. The van der Waals surface area contributed by atoms with Gasteiger partial charge in [0.05, 0.1) is 5.69 Å². The van der Waals surface area contributed by atoms with Gasteiger partial charge in [-0.3, -0.25) is 4.72 Å². The van der Waals surface area contributed by atoms with Crippen LogP contribution in [-0.2, 0) is 10.0 Å². The van der Waals surface area contributed by atoms with Gasteiger partial charge in [-0.15, -0.1) is 11.6 Å². The minimum Gasteiger partial charge on any atom is -0.282 e. The van der Waals surface area contributed by atoms with Crippen molar-refractivity contribution in [3.63, 3.8) is 0 Å². The van der Waals surface area contributed by atoms with Crippen molar-refractivity contribution in [2.24, 2.45) is 0 Å². The average molecular weight is 290 g/mol. The van der Waals surface area contributed by atoms with Gasteiger partial charge in [0.1, 0.15) is 5.21 Å². The highest BCUT2D eigenvalue weighted by Crippen LogP contribution is 2.29. The first-order chi connectivity index (χ1) is 8.26. The van der Waals surface area contributed by atoms with Gasteiger partial charge in [0.2, 0.25) is 10.0 Å². The van der Waals surface area contributed by atoms with E-state index in [-0.39, 0.29) is 5.92 Å². The maximum atomic E-state index is 11.5. The molecule has 1 rings (SSSR count). The molecule has 0 saturated carbocycles. The first kappa shape index (κ1) is 15.3. The van der Waals surface area contributed by atoms with Crippen LogP contribution in [0, 0.1) is 0 Å². The zero-order valence-electron chi connectivity index (χ0n) is 11.2. The van der Waals surface area contributed by atoms with Gasteiger partial charge in [0, 0.05) is 0 Å². The lowest BCUT2D eigenvalue weighted by molar-refractivity contribution is 0.605. The molecule has 5 heteroatoms. The highest BCUT2D eigenvalue weighted by Gasteiger charge is 2.14. The van der Waals surface area contributed by atoms with Gasteiger partial charge in [-0.05, 0) is 29.0 Å². The number of hydrogen-bond donors (Lipinski definition) is 1. The summed E-state index contributed by atoms with van der Waals surface area (Å²) in [5, 5.41) is -0.434. The number of rotatable bonds is 5. The standard InChI is InChI=1S/C13H20ClNO2S/c1-9(2)11-5-6-13(12(7-11)10(3)4)15-18(16,17)8-14/h5-7,9-10,15H,8H2,1-4H3. The van der Waals surface area contributed by atoms with Crippen LogP contribution in [0.3, 0.4) is 0 Å². The second-order valence-electron chi connectivity index (χ2n) is 4.98. The largest absolute Gasteiger partial charge is 0.282 e. The van der Waals surface area contributed by atoms with E-state index in [1.54, 1.807) is 0 Å². The Hall–Kier alpha value is -0.740. The van der Waals surface area contributed by atoms with Gasteiger partial charge in [-0.2, -0.15) is 0 Å². The van der Waals surface area contributed by atoms with E-state index in [1.807, 2.05) is 26.0 Å². The number of benzene rings is 1. The number of sulfonamides is 1. The van der Waals surface area contributed by atoms with Crippen LogP contribution in [0.4, 0.5) is 5.69 Å². The predicted molar refractivity (Wildman–Crippen MR) is 77.9 cm³/mol. The molecule has 0 atom stereocenters. The van der Waals surface area contributed by atoms with E-state index >= 15 is 0 Å². The summed E-state index contributed by atoms with van der Waals surface area (Å²) in [5.74, 6) is 0.665. The number of halogens is 1. The molecular weight excluding hydrogens is 270 g/mol. The maximum Gasteiger partial charge on any atom is 0.246 e. The first-order valence-corrected chi connectivity index (χ1v) is 8.15. The van der Waals surface area contributed by atoms with Gasteiger partial charge in [-0.25, -0.2) is 8.42 Å². The van der Waals surface area contributed by atoms with Crippen LogP contribution in [0.5, 0.6) is 0 Å². The predicted octanol–water partition coefficient (Wildman–Crippen LogP) is 3.87. The van der Waals surface area contributed by atoms with Gasteiger partial charge < -0.3 is 0 Å². The zero-order chi connectivity index (χ0) is 13.9. The maximum absolute atomic E-state index is 11.5. The average Bonchev–Trinajstić information content (AvgIpc) is 2.28. The van der Waals surface area contributed by atoms with Crippen LogP contribution in [-0.4, -0.2) is 13.6 Å². The van der Waals surface area contributed by atoms with Crippen LogP contribution in [0.15, 0.2) is 18.2 Å². The smallest absolute Gasteiger partial charge is 0.246 e. The van der Waals surface area contributed by atoms with E-state index in [1.165, 1.54) is 5.56 Å². The number of hydrogen-bond acceptors (Lipinski definition) is 2. The third-order valence-electron chi connectivity index (χ3n) is 2.77. The van der Waals surface area contributed by atoms with Crippen molar-refractivity contribution in [1.82, 2.24) is 0 Å². The Morgan fingerprint density at radius 2 is 1.78 bits per heavy atom. The molecule has 0 spiro atoms. The highest BCUT2D eigenvalue weighted by atomic mass is 35.5. The summed E-state index contributed by atoms with van der Waals surface area (Å²) in [6.45, 7) is 8.31. The highest BCUT2D eigenvalue weighted by molar-refractivity contribution is 7.93. The molecule has 0 unspecified atom stereocenters. The molecular formula is C13H20ClNO2S. The summed E-state index contributed by atoms with van der Waals surface area (Å²) >= 11 is 5.41. The number of anilines is 1. The van der Waals surface area contributed by atoms with Crippen LogP contribution in [0.2, 0.25) is 0 Å². The molecule has 0 aromatic heterocycles. The van der Waals surface area contributed by atoms with Crippen molar-refractivity contribution >= 4 is 27.3 Å². The Balaban J connectivity index is 3.20. The summed E-state index contributed by atoms with van der Waals surface area (Å²) in [6, 6.07) is 5.82. The molecule has 0 heterocycles. The molecule has 0 radical (unpaired) electrons. The van der Waals surface area contributed by atoms with E-state index < -0.39 is 15.2 Å². The molecule has 102 valence electrons. The molecule has 1 N–H and O–H groups in total. The fourth-order valence-electron chi connectivity index (χ4n) is 1.71. The number of alkyl halides is 1. The van der Waals surface area contributed by atoms with E-state index in [9.17, 15) is 8.42 Å². The van der Waals surface area contributed by atoms with E-state index in [2.05, 4.69) is 24.6 Å². The summed E-state index contributed by atoms with van der Waals surface area (Å²) < 4.78 is 25.6. The lowest BCUT2D eigenvalue weighted by Gasteiger charge is -2.17. The SMILES string of the molecule is CC(C)c1ccc(NS(=O)(=O)CCl)c(C(C)C)c1. The van der Waals surface area contributed by atoms with Gasteiger partial charge in [0.15, 0.2) is 0 Å². The lowest BCUT2D eigenvalue weighted by Crippen LogP contribution is -2.15. The molecule has 0 bridgehead atoms. The van der Waals surface area contributed by atoms with Crippen molar-refractivity contribution < 1.29 is 8.42 Å². The zero-order valence-corrected chi connectivity index (χ0v) is 12.8. The molecule has 3 nitrogen and oxygen atoms in total. The van der Waals surface area contributed by atoms with Gasteiger partial charge in [0.25, 0.3) is 0 Å². The summed E-state index contributed by atoms with van der Waals surface area (Å²) in [7, 11) is -3.45. The Bertz CT molecular complexity index is 510. The summed E-state index contributed by atoms with van der Waals surface area (Å²) in [5.41, 5.74) is 2.82. The minimum atomic E-state index is -3.45.